The van der Waals surface area contributed by atoms with Gasteiger partial charge in [-0.1, -0.05) is 0 Å². The second-order valence-electron chi connectivity index (χ2n) is 4.65. The molecule has 0 bridgehead atoms. The number of non-ortho nitro benzene ring substituents is 1. The van der Waals surface area contributed by atoms with Gasteiger partial charge in [0.25, 0.3) is 5.69 Å². The highest BCUT2D eigenvalue weighted by atomic mass is 16.6. The summed E-state index contributed by atoms with van der Waals surface area (Å²) in [4.78, 5) is 14.7. The number of aromatic nitrogens is 1. The van der Waals surface area contributed by atoms with Crippen molar-refractivity contribution in [3.05, 3.63) is 64.2 Å². The summed E-state index contributed by atoms with van der Waals surface area (Å²) in [6.07, 6.45) is 1.55. The first kappa shape index (κ1) is 13.1. The van der Waals surface area contributed by atoms with Gasteiger partial charge in [0.05, 0.1) is 11.5 Å². The van der Waals surface area contributed by atoms with Crippen molar-refractivity contribution in [2.75, 3.05) is 5.32 Å². The molecule has 0 spiro atoms. The van der Waals surface area contributed by atoms with Crippen molar-refractivity contribution in [2.24, 2.45) is 0 Å². The standard InChI is InChI=1S/C15H13N3O3/c1-10-4-5-11(21-10)9-17-13-6-7-14(18(19)20)15-12(13)3-2-8-16-15/h2-8,17H,9H2,1H3. The molecule has 3 aromatic rings. The summed E-state index contributed by atoms with van der Waals surface area (Å²) in [6.45, 7) is 2.39. The highest BCUT2D eigenvalue weighted by Crippen LogP contribution is 2.29. The van der Waals surface area contributed by atoms with Gasteiger partial charge in [0.1, 0.15) is 17.0 Å². The fourth-order valence-electron chi connectivity index (χ4n) is 2.22. The molecule has 0 saturated carbocycles. The number of nitrogens with zero attached hydrogens (tertiary/aromatic N) is 2. The molecule has 0 aliphatic carbocycles. The maximum atomic E-state index is 11.0. The van der Waals surface area contributed by atoms with Crippen molar-refractivity contribution < 1.29 is 9.34 Å². The number of benzene rings is 1. The number of hydrogen-bond acceptors (Lipinski definition) is 5. The minimum atomic E-state index is -0.422. The van der Waals surface area contributed by atoms with E-state index in [-0.39, 0.29) is 5.69 Å². The minimum absolute atomic E-state index is 0.00462. The first-order chi connectivity index (χ1) is 10.1. The van der Waals surface area contributed by atoms with E-state index in [1.165, 1.54) is 6.07 Å². The Morgan fingerprint density at radius 3 is 2.86 bits per heavy atom. The Balaban J connectivity index is 1.96. The monoisotopic (exact) mass is 283 g/mol. The van der Waals surface area contributed by atoms with E-state index in [2.05, 4.69) is 10.3 Å². The Labute approximate surface area is 120 Å². The van der Waals surface area contributed by atoms with Gasteiger partial charge in [0, 0.05) is 23.3 Å². The van der Waals surface area contributed by atoms with Crippen LogP contribution in [0, 0.1) is 17.0 Å². The predicted molar refractivity (Wildman–Crippen MR) is 79.2 cm³/mol. The van der Waals surface area contributed by atoms with E-state index >= 15 is 0 Å². The molecule has 21 heavy (non-hydrogen) atoms. The van der Waals surface area contributed by atoms with Crippen LogP contribution in [-0.2, 0) is 6.54 Å². The summed E-state index contributed by atoms with van der Waals surface area (Å²) >= 11 is 0. The number of fused-ring (bicyclic) bond motifs is 1. The average molecular weight is 283 g/mol. The molecular formula is C15H13N3O3. The molecule has 1 N–H and O–H groups in total. The van der Waals surface area contributed by atoms with Crippen molar-refractivity contribution >= 4 is 22.3 Å². The molecule has 0 aliphatic heterocycles. The van der Waals surface area contributed by atoms with Gasteiger partial charge in [-0.15, -0.1) is 0 Å². The van der Waals surface area contributed by atoms with Gasteiger partial charge < -0.3 is 9.73 Å². The van der Waals surface area contributed by atoms with Gasteiger partial charge in [-0.3, -0.25) is 10.1 Å². The third-order valence-electron chi connectivity index (χ3n) is 3.19. The average Bonchev–Trinajstić information content (AvgIpc) is 2.90. The van der Waals surface area contributed by atoms with E-state index in [0.29, 0.717) is 12.1 Å². The third-order valence-corrected chi connectivity index (χ3v) is 3.19. The van der Waals surface area contributed by atoms with Crippen LogP contribution < -0.4 is 5.32 Å². The Morgan fingerprint density at radius 1 is 1.29 bits per heavy atom. The smallest absolute Gasteiger partial charge is 0.295 e. The fraction of sp³-hybridized carbons (Fsp3) is 0.133. The summed E-state index contributed by atoms with van der Waals surface area (Å²) in [5.74, 6) is 1.66. The zero-order valence-electron chi connectivity index (χ0n) is 11.4. The van der Waals surface area contributed by atoms with Gasteiger partial charge in [0.2, 0.25) is 0 Å². The second kappa shape index (κ2) is 5.24. The molecule has 0 aliphatic rings. The minimum Gasteiger partial charge on any atom is -0.465 e. The molecule has 0 fully saturated rings. The molecule has 2 aromatic heterocycles. The maximum Gasteiger partial charge on any atom is 0.295 e. The first-order valence-electron chi connectivity index (χ1n) is 6.46. The summed E-state index contributed by atoms with van der Waals surface area (Å²) < 4.78 is 5.49. The van der Waals surface area contributed by atoms with Crippen molar-refractivity contribution in [3.8, 4) is 0 Å². The van der Waals surface area contributed by atoms with Crippen LogP contribution in [0.15, 0.2) is 47.0 Å². The molecule has 6 nitrogen and oxygen atoms in total. The van der Waals surface area contributed by atoms with Crippen molar-refractivity contribution in [1.29, 1.82) is 0 Å². The molecular weight excluding hydrogens is 270 g/mol. The first-order valence-corrected chi connectivity index (χ1v) is 6.46. The highest BCUT2D eigenvalue weighted by Gasteiger charge is 2.15. The molecule has 106 valence electrons. The second-order valence-corrected chi connectivity index (χ2v) is 4.65. The number of furan rings is 1. The van der Waals surface area contributed by atoms with Crippen LogP contribution in [0.2, 0.25) is 0 Å². The van der Waals surface area contributed by atoms with E-state index in [1.807, 2.05) is 25.1 Å². The van der Waals surface area contributed by atoms with Gasteiger partial charge in [-0.25, -0.2) is 4.98 Å². The molecule has 0 atom stereocenters. The number of anilines is 1. The maximum absolute atomic E-state index is 11.0. The van der Waals surface area contributed by atoms with E-state index in [4.69, 9.17) is 4.42 Å². The molecule has 0 unspecified atom stereocenters. The van der Waals surface area contributed by atoms with Crippen molar-refractivity contribution in [2.45, 2.75) is 13.5 Å². The highest BCUT2D eigenvalue weighted by molar-refractivity contribution is 5.96. The summed E-state index contributed by atoms with van der Waals surface area (Å²) in [7, 11) is 0. The van der Waals surface area contributed by atoms with Gasteiger partial charge in [-0.05, 0) is 37.3 Å². The zero-order chi connectivity index (χ0) is 14.8. The van der Waals surface area contributed by atoms with E-state index in [9.17, 15) is 10.1 Å². The zero-order valence-corrected chi connectivity index (χ0v) is 11.4. The Morgan fingerprint density at radius 2 is 2.14 bits per heavy atom. The van der Waals surface area contributed by atoms with Crippen molar-refractivity contribution in [3.63, 3.8) is 0 Å². The van der Waals surface area contributed by atoms with Crippen LogP contribution in [0.5, 0.6) is 0 Å². The van der Waals surface area contributed by atoms with E-state index in [0.717, 1.165) is 22.6 Å². The lowest BCUT2D eigenvalue weighted by molar-refractivity contribution is -0.383. The summed E-state index contributed by atoms with van der Waals surface area (Å²) in [5, 5.41) is 15.0. The molecule has 0 amide bonds. The normalized spacial score (nSPS) is 10.7. The fourth-order valence-corrected chi connectivity index (χ4v) is 2.22. The Kier molecular flexibility index (Phi) is 3.27. The van der Waals surface area contributed by atoms with E-state index < -0.39 is 4.92 Å². The van der Waals surface area contributed by atoms with Gasteiger partial charge in [0.15, 0.2) is 0 Å². The van der Waals surface area contributed by atoms with Crippen LogP contribution in [0.1, 0.15) is 11.5 Å². The molecule has 6 heteroatoms. The Hall–Kier alpha value is -2.89. The number of pyridine rings is 1. The summed E-state index contributed by atoms with van der Waals surface area (Å²) in [6, 6.07) is 10.5. The molecule has 3 rings (SSSR count). The number of nitro groups is 1. The van der Waals surface area contributed by atoms with Gasteiger partial charge in [-0.2, -0.15) is 0 Å². The molecule has 1 aromatic carbocycles. The van der Waals surface area contributed by atoms with Crippen LogP contribution in [0.3, 0.4) is 0 Å². The van der Waals surface area contributed by atoms with E-state index in [1.54, 1.807) is 18.3 Å². The van der Waals surface area contributed by atoms with Crippen LogP contribution in [-0.4, -0.2) is 9.91 Å². The largest absolute Gasteiger partial charge is 0.465 e. The number of nitrogens with one attached hydrogen (secondary N) is 1. The number of nitro benzene ring substituents is 1. The van der Waals surface area contributed by atoms with Gasteiger partial charge >= 0.3 is 0 Å². The quantitative estimate of drug-likeness (QED) is 0.583. The van der Waals surface area contributed by atoms with Crippen LogP contribution in [0.25, 0.3) is 10.9 Å². The number of aryl methyl sites for hydroxylation is 1. The lowest BCUT2D eigenvalue weighted by Gasteiger charge is -2.08. The Bertz CT molecular complexity index is 811. The SMILES string of the molecule is Cc1ccc(CNc2ccc([N+](=O)[O-])c3ncccc23)o1. The lowest BCUT2D eigenvalue weighted by atomic mass is 10.1. The van der Waals surface area contributed by atoms with Crippen molar-refractivity contribution in [1.82, 2.24) is 4.98 Å². The van der Waals surface area contributed by atoms with Crippen LogP contribution >= 0.6 is 0 Å². The van der Waals surface area contributed by atoms with Crippen LogP contribution in [0.4, 0.5) is 11.4 Å². The molecule has 0 saturated heterocycles. The number of rotatable bonds is 4. The predicted octanol–water partition coefficient (Wildman–Crippen LogP) is 3.66. The number of hydrogen-bond donors (Lipinski definition) is 1. The topological polar surface area (TPSA) is 81.2 Å². The molecule has 0 radical (unpaired) electrons. The third kappa shape index (κ3) is 2.55. The lowest BCUT2D eigenvalue weighted by Crippen LogP contribution is -2.00. The molecule has 2 heterocycles. The summed E-state index contributed by atoms with van der Waals surface area (Å²) in [5.41, 5.74) is 1.17.